The van der Waals surface area contributed by atoms with Gasteiger partial charge in [-0.1, -0.05) is 0 Å². The summed E-state index contributed by atoms with van der Waals surface area (Å²) in [6.07, 6.45) is 2.04. The summed E-state index contributed by atoms with van der Waals surface area (Å²) >= 11 is 3.43. The summed E-state index contributed by atoms with van der Waals surface area (Å²) in [5.41, 5.74) is 1.54. The van der Waals surface area contributed by atoms with Crippen molar-refractivity contribution in [2.75, 3.05) is 18.5 Å². The molecule has 5 nitrogen and oxygen atoms in total. The maximum Gasteiger partial charge on any atom is 0.274 e. The first kappa shape index (κ1) is 13.3. The van der Waals surface area contributed by atoms with Crippen molar-refractivity contribution in [2.45, 2.75) is 25.8 Å². The molecular formula is C12H15BrN2O3. The molecule has 1 aromatic carbocycles. The molecule has 1 heterocycles. The zero-order valence-corrected chi connectivity index (χ0v) is 11.7. The van der Waals surface area contributed by atoms with Gasteiger partial charge in [0.15, 0.2) is 0 Å². The van der Waals surface area contributed by atoms with E-state index in [1.165, 1.54) is 0 Å². The standard InChI is InChI=1S/C12H15BrN2O3/c1-8-5-10(13)11(6-12(8)15(16)17)14-9-3-2-4-18-7-9/h5-6,9,14H,2-4,7H2,1H3. The number of nitrogens with one attached hydrogen (secondary N) is 1. The van der Waals surface area contributed by atoms with Crippen LogP contribution in [0.3, 0.4) is 0 Å². The van der Waals surface area contributed by atoms with E-state index in [1.807, 2.05) is 0 Å². The van der Waals surface area contributed by atoms with E-state index in [2.05, 4.69) is 21.2 Å². The Morgan fingerprint density at radius 2 is 2.33 bits per heavy atom. The van der Waals surface area contributed by atoms with Gasteiger partial charge in [0.25, 0.3) is 5.69 Å². The van der Waals surface area contributed by atoms with Crippen molar-refractivity contribution in [1.29, 1.82) is 0 Å². The lowest BCUT2D eigenvalue weighted by atomic mass is 10.1. The van der Waals surface area contributed by atoms with Gasteiger partial charge in [-0.3, -0.25) is 10.1 Å². The molecule has 0 spiro atoms. The number of hydrogen-bond acceptors (Lipinski definition) is 4. The van der Waals surface area contributed by atoms with Crippen LogP contribution >= 0.6 is 15.9 Å². The number of nitro benzene ring substituents is 1. The third-order valence-electron chi connectivity index (χ3n) is 3.00. The maximum absolute atomic E-state index is 10.9. The summed E-state index contributed by atoms with van der Waals surface area (Å²) in [7, 11) is 0. The average molecular weight is 315 g/mol. The van der Waals surface area contributed by atoms with Gasteiger partial charge in [0.05, 0.1) is 17.2 Å². The molecule has 0 aromatic heterocycles. The average Bonchev–Trinajstić information content (AvgIpc) is 2.33. The van der Waals surface area contributed by atoms with Crippen LogP contribution in [0.1, 0.15) is 18.4 Å². The van der Waals surface area contributed by atoms with Crippen molar-refractivity contribution in [3.05, 3.63) is 32.3 Å². The lowest BCUT2D eigenvalue weighted by Crippen LogP contribution is -2.30. The Morgan fingerprint density at radius 1 is 1.56 bits per heavy atom. The van der Waals surface area contributed by atoms with Crippen LogP contribution in [0.2, 0.25) is 0 Å². The highest BCUT2D eigenvalue weighted by molar-refractivity contribution is 9.10. The van der Waals surface area contributed by atoms with Crippen LogP contribution in [-0.4, -0.2) is 24.2 Å². The van der Waals surface area contributed by atoms with Crippen molar-refractivity contribution in [3.8, 4) is 0 Å². The van der Waals surface area contributed by atoms with Crippen molar-refractivity contribution >= 4 is 27.3 Å². The summed E-state index contributed by atoms with van der Waals surface area (Å²) < 4.78 is 6.23. The van der Waals surface area contributed by atoms with Gasteiger partial charge in [0.1, 0.15) is 0 Å². The minimum atomic E-state index is -0.357. The SMILES string of the molecule is Cc1cc(Br)c(NC2CCCOC2)cc1[N+](=O)[O-]. The highest BCUT2D eigenvalue weighted by atomic mass is 79.9. The maximum atomic E-state index is 10.9. The Balaban J connectivity index is 2.21. The molecule has 1 saturated heterocycles. The third kappa shape index (κ3) is 3.00. The zero-order valence-electron chi connectivity index (χ0n) is 10.1. The lowest BCUT2D eigenvalue weighted by molar-refractivity contribution is -0.385. The lowest BCUT2D eigenvalue weighted by Gasteiger charge is -2.24. The van der Waals surface area contributed by atoms with E-state index in [0.717, 1.165) is 29.6 Å². The van der Waals surface area contributed by atoms with E-state index in [9.17, 15) is 10.1 Å². The normalized spacial score (nSPS) is 19.6. The summed E-state index contributed by atoms with van der Waals surface area (Å²) in [5.74, 6) is 0. The van der Waals surface area contributed by atoms with Crippen LogP contribution in [0, 0.1) is 17.0 Å². The molecule has 6 heteroatoms. The third-order valence-corrected chi connectivity index (χ3v) is 3.66. The molecule has 1 N–H and O–H groups in total. The summed E-state index contributed by atoms with van der Waals surface area (Å²) in [6.45, 7) is 3.18. The van der Waals surface area contributed by atoms with Gasteiger partial charge in [-0.2, -0.15) is 0 Å². The van der Waals surface area contributed by atoms with Crippen LogP contribution in [-0.2, 0) is 4.74 Å². The fourth-order valence-corrected chi connectivity index (χ4v) is 2.62. The fraction of sp³-hybridized carbons (Fsp3) is 0.500. The first-order valence-corrected chi connectivity index (χ1v) is 6.66. The minimum absolute atomic E-state index is 0.137. The number of rotatable bonds is 3. The molecule has 0 bridgehead atoms. The van der Waals surface area contributed by atoms with Gasteiger partial charge in [-0.25, -0.2) is 0 Å². The van der Waals surface area contributed by atoms with Gasteiger partial charge in [0.2, 0.25) is 0 Å². The fourth-order valence-electron chi connectivity index (χ4n) is 2.04. The Hall–Kier alpha value is -1.14. The number of halogens is 1. The predicted octanol–water partition coefficient (Wildman–Crippen LogP) is 3.26. The largest absolute Gasteiger partial charge is 0.379 e. The second-order valence-corrected chi connectivity index (χ2v) is 5.29. The van der Waals surface area contributed by atoms with Crippen LogP contribution in [0.4, 0.5) is 11.4 Å². The number of benzene rings is 1. The predicted molar refractivity (Wildman–Crippen MR) is 73.0 cm³/mol. The molecule has 18 heavy (non-hydrogen) atoms. The summed E-state index contributed by atoms with van der Waals surface area (Å²) in [6, 6.07) is 3.57. The molecule has 1 aromatic rings. The Bertz CT molecular complexity index is 459. The van der Waals surface area contributed by atoms with Gasteiger partial charge in [-0.05, 0) is 41.8 Å². The van der Waals surface area contributed by atoms with E-state index in [-0.39, 0.29) is 16.7 Å². The molecular weight excluding hydrogens is 300 g/mol. The van der Waals surface area contributed by atoms with Crippen molar-refractivity contribution in [3.63, 3.8) is 0 Å². The number of hydrogen-bond donors (Lipinski definition) is 1. The monoisotopic (exact) mass is 314 g/mol. The van der Waals surface area contributed by atoms with Crippen LogP contribution in [0.15, 0.2) is 16.6 Å². The van der Waals surface area contributed by atoms with Crippen molar-refractivity contribution < 1.29 is 9.66 Å². The van der Waals surface area contributed by atoms with E-state index in [0.29, 0.717) is 12.2 Å². The Kier molecular flexibility index (Phi) is 4.19. The number of nitrogens with zero attached hydrogens (tertiary/aromatic N) is 1. The molecule has 2 rings (SSSR count). The molecule has 1 unspecified atom stereocenters. The van der Waals surface area contributed by atoms with E-state index >= 15 is 0 Å². The summed E-state index contributed by atoms with van der Waals surface area (Å²) in [4.78, 5) is 10.6. The zero-order chi connectivity index (χ0) is 13.1. The second kappa shape index (κ2) is 5.67. The highest BCUT2D eigenvalue weighted by Crippen LogP contribution is 2.31. The number of aryl methyl sites for hydroxylation is 1. The molecule has 0 saturated carbocycles. The van der Waals surface area contributed by atoms with Crippen LogP contribution in [0.25, 0.3) is 0 Å². The van der Waals surface area contributed by atoms with Crippen LogP contribution < -0.4 is 5.32 Å². The van der Waals surface area contributed by atoms with Crippen molar-refractivity contribution in [1.82, 2.24) is 0 Å². The summed E-state index contributed by atoms with van der Waals surface area (Å²) in [5, 5.41) is 14.2. The Morgan fingerprint density at radius 3 is 2.94 bits per heavy atom. The van der Waals surface area contributed by atoms with Gasteiger partial charge >= 0.3 is 0 Å². The topological polar surface area (TPSA) is 64.4 Å². The number of ether oxygens (including phenoxy) is 1. The molecule has 1 aliphatic heterocycles. The molecule has 1 atom stereocenters. The van der Waals surface area contributed by atoms with Gasteiger partial charge in [0, 0.05) is 28.8 Å². The molecule has 1 fully saturated rings. The minimum Gasteiger partial charge on any atom is -0.379 e. The van der Waals surface area contributed by atoms with Gasteiger partial charge < -0.3 is 10.1 Å². The van der Waals surface area contributed by atoms with Gasteiger partial charge in [-0.15, -0.1) is 0 Å². The van der Waals surface area contributed by atoms with E-state index < -0.39 is 0 Å². The molecule has 0 amide bonds. The van der Waals surface area contributed by atoms with Crippen LogP contribution in [0.5, 0.6) is 0 Å². The van der Waals surface area contributed by atoms with E-state index in [1.54, 1.807) is 19.1 Å². The molecule has 0 aliphatic carbocycles. The molecule has 98 valence electrons. The van der Waals surface area contributed by atoms with Crippen molar-refractivity contribution in [2.24, 2.45) is 0 Å². The number of nitro groups is 1. The Labute approximate surface area is 114 Å². The highest BCUT2D eigenvalue weighted by Gasteiger charge is 2.18. The quantitative estimate of drug-likeness (QED) is 0.687. The first-order chi connectivity index (χ1) is 8.58. The number of anilines is 1. The smallest absolute Gasteiger partial charge is 0.274 e. The van der Waals surface area contributed by atoms with E-state index in [4.69, 9.17) is 4.74 Å². The second-order valence-electron chi connectivity index (χ2n) is 4.43. The molecule has 0 radical (unpaired) electrons. The first-order valence-electron chi connectivity index (χ1n) is 5.86. The molecule has 1 aliphatic rings.